The van der Waals surface area contributed by atoms with Gasteiger partial charge in [-0.1, -0.05) is 30.3 Å². The molecule has 0 aromatic heterocycles. The maximum absolute atomic E-state index is 12.4. The quantitative estimate of drug-likeness (QED) is 0.388. The van der Waals surface area contributed by atoms with Crippen LogP contribution in [0, 0.1) is 0 Å². The molecule has 2 aromatic carbocycles. The number of unbranched alkanes of at least 4 members (excludes halogenated alkanes) is 1. The lowest BCUT2D eigenvalue weighted by Gasteiger charge is -2.34. The number of hydrogen-bond donors (Lipinski definition) is 2. The van der Waals surface area contributed by atoms with Crippen LogP contribution in [-0.2, 0) is 16.1 Å². The molecular formula is C26H36N4O2S. The first-order chi connectivity index (χ1) is 16.0. The minimum absolute atomic E-state index is 0.0699. The summed E-state index contributed by atoms with van der Waals surface area (Å²) in [6.45, 7) is 10.7. The summed E-state index contributed by atoms with van der Waals surface area (Å²) in [5, 5.41) is 5.66. The standard InChI is InChI=1S/C26H36N4O2S/c1-21(33-25-12-10-24(11-13-25)28-22(2)31)26(32)27-14-6-7-15-29-16-18-30(19-17-29)20-23-8-4-3-5-9-23/h3-5,8-13,21H,6-7,14-20H2,1-2H3,(H,27,32)(H,28,31). The zero-order valence-electron chi connectivity index (χ0n) is 19.8. The van der Waals surface area contributed by atoms with E-state index in [-0.39, 0.29) is 17.1 Å². The van der Waals surface area contributed by atoms with Crippen LogP contribution < -0.4 is 10.6 Å². The van der Waals surface area contributed by atoms with Crippen LogP contribution in [0.2, 0.25) is 0 Å². The van der Waals surface area contributed by atoms with Crippen molar-refractivity contribution in [3.05, 3.63) is 60.2 Å². The fourth-order valence-electron chi connectivity index (χ4n) is 3.91. The fourth-order valence-corrected chi connectivity index (χ4v) is 4.80. The monoisotopic (exact) mass is 468 g/mol. The lowest BCUT2D eigenvalue weighted by Crippen LogP contribution is -2.46. The van der Waals surface area contributed by atoms with Crippen LogP contribution in [0.3, 0.4) is 0 Å². The van der Waals surface area contributed by atoms with Gasteiger partial charge < -0.3 is 15.5 Å². The minimum Gasteiger partial charge on any atom is -0.355 e. The number of benzene rings is 2. The summed E-state index contributed by atoms with van der Waals surface area (Å²) in [6, 6.07) is 18.3. The molecule has 1 saturated heterocycles. The van der Waals surface area contributed by atoms with Crippen molar-refractivity contribution in [2.45, 2.75) is 43.4 Å². The van der Waals surface area contributed by atoms with Gasteiger partial charge >= 0.3 is 0 Å². The van der Waals surface area contributed by atoms with Crippen LogP contribution in [0.25, 0.3) is 0 Å². The second-order valence-electron chi connectivity index (χ2n) is 8.57. The van der Waals surface area contributed by atoms with Gasteiger partial charge in [-0.2, -0.15) is 0 Å². The van der Waals surface area contributed by atoms with Crippen molar-refractivity contribution in [2.24, 2.45) is 0 Å². The van der Waals surface area contributed by atoms with Crippen LogP contribution in [0.4, 0.5) is 5.69 Å². The van der Waals surface area contributed by atoms with Gasteiger partial charge in [-0.25, -0.2) is 0 Å². The van der Waals surface area contributed by atoms with E-state index in [2.05, 4.69) is 50.8 Å². The molecule has 1 fully saturated rings. The van der Waals surface area contributed by atoms with Crippen LogP contribution in [0.1, 0.15) is 32.3 Å². The molecule has 2 amide bonds. The summed E-state index contributed by atoms with van der Waals surface area (Å²) in [7, 11) is 0. The summed E-state index contributed by atoms with van der Waals surface area (Å²) in [6.07, 6.45) is 2.10. The third-order valence-corrected chi connectivity index (χ3v) is 6.88. The second kappa shape index (κ2) is 13.4. The van der Waals surface area contributed by atoms with E-state index in [0.29, 0.717) is 0 Å². The van der Waals surface area contributed by atoms with Gasteiger partial charge in [-0.15, -0.1) is 11.8 Å². The zero-order chi connectivity index (χ0) is 23.5. The molecule has 1 unspecified atom stereocenters. The molecule has 6 nitrogen and oxygen atoms in total. The Hall–Kier alpha value is -2.35. The van der Waals surface area contributed by atoms with E-state index in [4.69, 9.17) is 0 Å². The molecule has 33 heavy (non-hydrogen) atoms. The lowest BCUT2D eigenvalue weighted by molar-refractivity contribution is -0.120. The minimum atomic E-state index is -0.158. The van der Waals surface area contributed by atoms with Crippen molar-refractivity contribution in [1.29, 1.82) is 0 Å². The fraction of sp³-hybridized carbons (Fsp3) is 0.462. The second-order valence-corrected chi connectivity index (χ2v) is 9.98. The molecule has 2 aromatic rings. The third kappa shape index (κ3) is 9.20. The highest BCUT2D eigenvalue weighted by atomic mass is 32.2. The predicted octanol–water partition coefficient (Wildman–Crippen LogP) is 3.84. The van der Waals surface area contributed by atoms with Gasteiger partial charge in [-0.05, 0) is 56.1 Å². The SMILES string of the molecule is CC(=O)Nc1ccc(SC(C)C(=O)NCCCCN2CCN(Cc3ccccc3)CC2)cc1. The summed E-state index contributed by atoms with van der Waals surface area (Å²) in [5.41, 5.74) is 2.15. The number of carbonyl (C=O) groups excluding carboxylic acids is 2. The van der Waals surface area contributed by atoms with Gasteiger partial charge in [0.15, 0.2) is 0 Å². The zero-order valence-corrected chi connectivity index (χ0v) is 20.6. The van der Waals surface area contributed by atoms with E-state index in [0.717, 1.165) is 69.2 Å². The van der Waals surface area contributed by atoms with E-state index in [1.165, 1.54) is 24.2 Å². The van der Waals surface area contributed by atoms with Gasteiger partial charge in [0.1, 0.15) is 0 Å². The number of carbonyl (C=O) groups is 2. The average Bonchev–Trinajstić information content (AvgIpc) is 2.81. The highest BCUT2D eigenvalue weighted by Crippen LogP contribution is 2.24. The molecule has 178 valence electrons. The number of nitrogens with zero attached hydrogens (tertiary/aromatic N) is 2. The van der Waals surface area contributed by atoms with E-state index >= 15 is 0 Å². The Labute approximate surface area is 202 Å². The Kier molecular flexibility index (Phi) is 10.2. The summed E-state index contributed by atoms with van der Waals surface area (Å²) in [5.74, 6) is -0.0195. The Morgan fingerprint density at radius 2 is 1.61 bits per heavy atom. The van der Waals surface area contributed by atoms with Crippen LogP contribution in [-0.4, -0.2) is 66.1 Å². The highest BCUT2D eigenvalue weighted by Gasteiger charge is 2.17. The van der Waals surface area contributed by atoms with Gasteiger partial charge in [0.25, 0.3) is 0 Å². The maximum atomic E-state index is 12.4. The molecule has 0 saturated carbocycles. The van der Waals surface area contributed by atoms with Crippen LogP contribution >= 0.6 is 11.8 Å². The molecule has 7 heteroatoms. The Morgan fingerprint density at radius 1 is 0.939 bits per heavy atom. The normalized spacial score (nSPS) is 15.7. The first-order valence-electron chi connectivity index (χ1n) is 11.8. The lowest BCUT2D eigenvalue weighted by atomic mass is 10.2. The summed E-state index contributed by atoms with van der Waals surface area (Å²) < 4.78 is 0. The van der Waals surface area contributed by atoms with Crippen LogP contribution in [0.5, 0.6) is 0 Å². The number of anilines is 1. The first kappa shape index (κ1) is 25.3. The topological polar surface area (TPSA) is 64.7 Å². The molecule has 0 bridgehead atoms. The molecule has 1 heterocycles. The molecule has 0 spiro atoms. The Bertz CT molecular complexity index is 868. The van der Waals surface area contributed by atoms with Crippen molar-refractivity contribution >= 4 is 29.3 Å². The van der Waals surface area contributed by atoms with Crippen LogP contribution in [0.15, 0.2) is 59.5 Å². The molecule has 0 radical (unpaired) electrons. The number of hydrogen-bond acceptors (Lipinski definition) is 5. The molecule has 3 rings (SSSR count). The molecule has 2 N–H and O–H groups in total. The van der Waals surface area contributed by atoms with E-state index in [9.17, 15) is 9.59 Å². The largest absolute Gasteiger partial charge is 0.355 e. The number of amides is 2. The third-order valence-electron chi connectivity index (χ3n) is 5.77. The average molecular weight is 469 g/mol. The summed E-state index contributed by atoms with van der Waals surface area (Å²) >= 11 is 1.53. The number of rotatable bonds is 11. The van der Waals surface area contributed by atoms with Gasteiger partial charge in [0, 0.05) is 56.8 Å². The number of thioether (sulfide) groups is 1. The van der Waals surface area contributed by atoms with E-state index < -0.39 is 0 Å². The van der Waals surface area contributed by atoms with Gasteiger partial charge in [0.05, 0.1) is 5.25 Å². The Balaban J connectivity index is 1.25. The van der Waals surface area contributed by atoms with Crippen molar-refractivity contribution in [3.63, 3.8) is 0 Å². The molecule has 1 aliphatic heterocycles. The van der Waals surface area contributed by atoms with Gasteiger partial charge in [0.2, 0.25) is 11.8 Å². The van der Waals surface area contributed by atoms with Crippen molar-refractivity contribution in [2.75, 3.05) is 44.6 Å². The smallest absolute Gasteiger partial charge is 0.233 e. The van der Waals surface area contributed by atoms with Crippen molar-refractivity contribution < 1.29 is 9.59 Å². The van der Waals surface area contributed by atoms with E-state index in [1.807, 2.05) is 31.2 Å². The molecule has 1 aliphatic rings. The molecule has 0 aliphatic carbocycles. The molecular weight excluding hydrogens is 432 g/mol. The maximum Gasteiger partial charge on any atom is 0.233 e. The predicted molar refractivity (Wildman–Crippen MR) is 136 cm³/mol. The van der Waals surface area contributed by atoms with Gasteiger partial charge in [-0.3, -0.25) is 14.5 Å². The van der Waals surface area contributed by atoms with Crippen molar-refractivity contribution in [1.82, 2.24) is 15.1 Å². The van der Waals surface area contributed by atoms with E-state index in [1.54, 1.807) is 0 Å². The highest BCUT2D eigenvalue weighted by molar-refractivity contribution is 8.00. The first-order valence-corrected chi connectivity index (χ1v) is 12.7. The number of piperazine rings is 1. The summed E-state index contributed by atoms with van der Waals surface area (Å²) in [4.78, 5) is 29.6. The number of nitrogens with one attached hydrogen (secondary N) is 2. The Morgan fingerprint density at radius 3 is 2.27 bits per heavy atom. The van der Waals surface area contributed by atoms with Crippen molar-refractivity contribution in [3.8, 4) is 0 Å². The molecule has 1 atom stereocenters.